The van der Waals surface area contributed by atoms with Gasteiger partial charge in [-0.05, 0) is 85.7 Å². The van der Waals surface area contributed by atoms with Gasteiger partial charge in [0.1, 0.15) is 11.9 Å². The predicted octanol–water partition coefficient (Wildman–Crippen LogP) is 4.11. The van der Waals surface area contributed by atoms with E-state index >= 15 is 0 Å². The average Bonchev–Trinajstić information content (AvgIpc) is 3.05. The molecule has 31 heavy (non-hydrogen) atoms. The van der Waals surface area contributed by atoms with Crippen LogP contribution in [0.15, 0.2) is 11.6 Å². The molecule has 3 saturated carbocycles. The number of rotatable bonds is 5. The highest BCUT2D eigenvalue weighted by atomic mass is 16.5. The maximum atomic E-state index is 12.4. The van der Waals surface area contributed by atoms with Gasteiger partial charge in [0.25, 0.3) is 0 Å². The fourth-order valence-electron chi connectivity index (χ4n) is 7.79. The van der Waals surface area contributed by atoms with Crippen LogP contribution in [0.5, 0.6) is 0 Å². The lowest BCUT2D eigenvalue weighted by atomic mass is 9.46. The van der Waals surface area contributed by atoms with Gasteiger partial charge in [0.2, 0.25) is 0 Å². The molecule has 0 amide bonds. The molecule has 170 valence electrons. The third kappa shape index (κ3) is 3.66. The first kappa shape index (κ1) is 22.2. The number of esters is 1. The summed E-state index contributed by atoms with van der Waals surface area (Å²) < 4.78 is 5.84. The molecule has 1 unspecified atom stereocenters. The van der Waals surface area contributed by atoms with Crippen LogP contribution in [0.3, 0.4) is 0 Å². The lowest BCUT2D eigenvalue weighted by molar-refractivity contribution is -0.157. The van der Waals surface area contributed by atoms with Crippen molar-refractivity contribution < 1.29 is 29.0 Å². The molecule has 4 rings (SSSR count). The van der Waals surface area contributed by atoms with E-state index < -0.39 is 18.0 Å². The highest BCUT2D eigenvalue weighted by Gasteiger charge is 2.61. The first-order valence-corrected chi connectivity index (χ1v) is 11.7. The molecule has 1 N–H and O–H groups in total. The van der Waals surface area contributed by atoms with Crippen molar-refractivity contribution in [2.45, 2.75) is 84.7 Å². The predicted molar refractivity (Wildman–Crippen MR) is 113 cm³/mol. The first-order valence-electron chi connectivity index (χ1n) is 11.7. The van der Waals surface area contributed by atoms with Crippen LogP contribution in [0.25, 0.3) is 0 Å². The van der Waals surface area contributed by atoms with Gasteiger partial charge >= 0.3 is 11.9 Å². The second-order valence-corrected chi connectivity index (χ2v) is 10.8. The monoisotopic (exact) mass is 430 g/mol. The van der Waals surface area contributed by atoms with E-state index in [-0.39, 0.29) is 41.2 Å². The topological polar surface area (TPSA) is 97.7 Å². The van der Waals surface area contributed by atoms with Gasteiger partial charge in [-0.1, -0.05) is 13.8 Å². The summed E-state index contributed by atoms with van der Waals surface area (Å²) in [7, 11) is 0. The maximum Gasteiger partial charge on any atom is 0.306 e. The molecule has 7 atom stereocenters. The number of aliphatic carboxylic acids is 1. The normalized spacial score (nSPS) is 41.5. The number of hydrogen-bond donors (Lipinski definition) is 1. The molecule has 0 radical (unpaired) electrons. The number of carbonyl (C=O) groups excluding carboxylic acids is 3. The molecule has 6 nitrogen and oxygen atoms in total. The Hall–Kier alpha value is -1.98. The van der Waals surface area contributed by atoms with Crippen LogP contribution >= 0.6 is 0 Å². The highest BCUT2D eigenvalue weighted by molar-refractivity contribution is 5.92. The summed E-state index contributed by atoms with van der Waals surface area (Å²) >= 11 is 0. The van der Waals surface area contributed by atoms with Crippen molar-refractivity contribution in [1.82, 2.24) is 0 Å². The second-order valence-electron chi connectivity index (χ2n) is 10.8. The Labute approximate surface area is 183 Å². The molecule has 0 spiro atoms. The van der Waals surface area contributed by atoms with Crippen LogP contribution in [0.2, 0.25) is 0 Å². The van der Waals surface area contributed by atoms with Gasteiger partial charge < -0.3 is 9.84 Å². The van der Waals surface area contributed by atoms with E-state index in [2.05, 4.69) is 13.8 Å². The third-order valence-electron chi connectivity index (χ3n) is 9.26. The van der Waals surface area contributed by atoms with Crippen LogP contribution in [-0.2, 0) is 23.9 Å². The van der Waals surface area contributed by atoms with Crippen molar-refractivity contribution >= 4 is 23.5 Å². The number of ether oxygens (including phenoxy) is 1. The SMILES string of the molecule is CC(=O)[C@H]1CC[C@H]2[C@@H]3CC(OC(=O)CCC(=O)O)C4=CC(=O)CC[C@]4(C)[C@H]3CC[C@]12C. The molecule has 6 heteroatoms. The van der Waals surface area contributed by atoms with E-state index in [1.54, 1.807) is 13.0 Å². The number of hydrogen-bond acceptors (Lipinski definition) is 5. The molecule has 4 aliphatic carbocycles. The van der Waals surface area contributed by atoms with Crippen LogP contribution < -0.4 is 0 Å². The van der Waals surface area contributed by atoms with E-state index in [0.717, 1.165) is 37.7 Å². The highest BCUT2D eigenvalue weighted by Crippen LogP contribution is 2.67. The maximum absolute atomic E-state index is 12.4. The minimum Gasteiger partial charge on any atom is -0.481 e. The summed E-state index contributed by atoms with van der Waals surface area (Å²) in [6.45, 7) is 6.21. The average molecular weight is 431 g/mol. The summed E-state index contributed by atoms with van der Waals surface area (Å²) in [5.41, 5.74) is 0.732. The van der Waals surface area contributed by atoms with Crippen molar-refractivity contribution in [2.24, 2.45) is 34.5 Å². The third-order valence-corrected chi connectivity index (χ3v) is 9.26. The number of carboxylic acids is 1. The fourth-order valence-corrected chi connectivity index (χ4v) is 7.79. The first-order chi connectivity index (χ1) is 14.6. The van der Waals surface area contributed by atoms with E-state index in [4.69, 9.17) is 9.84 Å². The lowest BCUT2D eigenvalue weighted by Gasteiger charge is -2.59. The Kier molecular flexibility index (Phi) is 5.63. The van der Waals surface area contributed by atoms with Gasteiger partial charge in [0.15, 0.2) is 5.78 Å². The molecule has 0 aromatic carbocycles. The quantitative estimate of drug-likeness (QED) is 0.659. The van der Waals surface area contributed by atoms with Crippen LogP contribution in [0, 0.1) is 34.5 Å². The van der Waals surface area contributed by atoms with E-state index in [1.807, 2.05) is 0 Å². The molecule has 3 fully saturated rings. The van der Waals surface area contributed by atoms with Crippen molar-refractivity contribution in [1.29, 1.82) is 0 Å². The molecule has 0 saturated heterocycles. The van der Waals surface area contributed by atoms with Crippen molar-refractivity contribution in [3.8, 4) is 0 Å². The summed E-state index contributed by atoms with van der Waals surface area (Å²) in [5, 5.41) is 8.90. The minimum atomic E-state index is -1.03. The van der Waals surface area contributed by atoms with Crippen molar-refractivity contribution in [3.05, 3.63) is 11.6 Å². The van der Waals surface area contributed by atoms with Crippen LogP contribution in [0.4, 0.5) is 0 Å². The zero-order valence-electron chi connectivity index (χ0n) is 18.8. The minimum absolute atomic E-state index is 0.00701. The largest absolute Gasteiger partial charge is 0.481 e. The van der Waals surface area contributed by atoms with Crippen LogP contribution in [-0.4, -0.2) is 34.7 Å². The lowest BCUT2D eigenvalue weighted by Crippen LogP contribution is -2.54. The number of carboxylic acid groups (broad SMARTS) is 1. The molecule has 0 bridgehead atoms. The number of carbonyl (C=O) groups is 4. The smallest absolute Gasteiger partial charge is 0.306 e. The van der Waals surface area contributed by atoms with E-state index in [0.29, 0.717) is 30.6 Å². The number of fused-ring (bicyclic) bond motifs is 5. The summed E-state index contributed by atoms with van der Waals surface area (Å²) in [5.74, 6) is 0.103. The van der Waals surface area contributed by atoms with Gasteiger partial charge in [-0.15, -0.1) is 0 Å². The van der Waals surface area contributed by atoms with Crippen molar-refractivity contribution in [3.63, 3.8) is 0 Å². The van der Waals surface area contributed by atoms with Crippen molar-refractivity contribution in [2.75, 3.05) is 0 Å². The van der Waals surface area contributed by atoms with Gasteiger partial charge in [-0.3, -0.25) is 19.2 Å². The molecule has 0 aromatic heterocycles. The van der Waals surface area contributed by atoms with Gasteiger partial charge in [0, 0.05) is 12.3 Å². The molecular weight excluding hydrogens is 396 g/mol. The zero-order valence-corrected chi connectivity index (χ0v) is 18.8. The summed E-state index contributed by atoms with van der Waals surface area (Å²) in [4.78, 5) is 47.9. The van der Waals surface area contributed by atoms with Gasteiger partial charge in [-0.25, -0.2) is 0 Å². The fraction of sp³-hybridized carbons (Fsp3) is 0.760. The summed E-state index contributed by atoms with van der Waals surface area (Å²) in [6, 6.07) is 0. The van der Waals surface area contributed by atoms with Gasteiger partial charge in [0.05, 0.1) is 12.8 Å². The van der Waals surface area contributed by atoms with E-state index in [1.165, 1.54) is 0 Å². The second kappa shape index (κ2) is 7.86. The zero-order chi connectivity index (χ0) is 22.6. The Morgan fingerprint density at radius 1 is 1.10 bits per heavy atom. The van der Waals surface area contributed by atoms with Crippen LogP contribution in [0.1, 0.15) is 78.6 Å². The molecule has 0 heterocycles. The number of ketones is 2. The Morgan fingerprint density at radius 3 is 2.52 bits per heavy atom. The van der Waals surface area contributed by atoms with Gasteiger partial charge in [-0.2, -0.15) is 0 Å². The standard InChI is InChI=1S/C25H34O6/c1-14(26)17-4-5-18-16-13-21(31-23(30)7-6-22(28)29)20-12-15(27)8-10-25(20,3)19(16)9-11-24(17,18)2/h12,16-19,21H,4-11,13H2,1-3H3,(H,28,29)/t16-,17+,18-,19-,21?,24+,25+/m0/s1. The number of Topliss-reactive ketones (excluding diaryl/α,β-unsaturated/α-hetero) is 1. The molecule has 0 aliphatic heterocycles. The van der Waals surface area contributed by atoms with E-state index in [9.17, 15) is 19.2 Å². The molecular formula is C25H34O6. The Bertz CT molecular complexity index is 843. The molecule has 0 aromatic rings. The summed E-state index contributed by atoms with van der Waals surface area (Å²) in [6.07, 6.45) is 6.78. The molecule has 4 aliphatic rings. The Balaban J connectivity index is 1.65. The Morgan fingerprint density at radius 2 is 1.84 bits per heavy atom.